The molecule has 0 spiro atoms. The van der Waals surface area contributed by atoms with Crippen molar-refractivity contribution >= 4 is 23.2 Å². The minimum atomic E-state index is -0.0869. The summed E-state index contributed by atoms with van der Waals surface area (Å²) in [6.45, 7) is 3.99. The maximum absolute atomic E-state index is 9.87. The molecule has 0 aliphatic rings. The molecule has 0 saturated heterocycles. The molecule has 2 aromatic carbocycles. The molecule has 0 unspecified atom stereocenters. The minimum Gasteiger partial charge on any atom is -0.508 e. The number of halogens is 2. The lowest BCUT2D eigenvalue weighted by atomic mass is 9.96. The van der Waals surface area contributed by atoms with Crippen LogP contribution in [0.2, 0.25) is 10.0 Å². The zero-order valence-corrected chi connectivity index (χ0v) is 13.5. The summed E-state index contributed by atoms with van der Waals surface area (Å²) in [7, 11) is 0. The zero-order chi connectivity index (χ0) is 15.6. The van der Waals surface area contributed by atoms with Gasteiger partial charge in [0.15, 0.2) is 0 Å². The summed E-state index contributed by atoms with van der Waals surface area (Å²) in [5, 5.41) is 20.1. The second-order valence-electron chi connectivity index (χ2n) is 5.42. The largest absolute Gasteiger partial charge is 0.508 e. The number of benzene rings is 2. The summed E-state index contributed by atoms with van der Waals surface area (Å²) in [4.78, 5) is 0. The first-order chi connectivity index (χ1) is 9.92. The van der Waals surface area contributed by atoms with Crippen LogP contribution in [0.1, 0.15) is 42.0 Å². The second-order valence-corrected chi connectivity index (χ2v) is 6.24. The van der Waals surface area contributed by atoms with Crippen molar-refractivity contribution in [3.8, 4) is 5.75 Å². The van der Waals surface area contributed by atoms with Crippen molar-refractivity contribution in [2.45, 2.75) is 32.8 Å². The molecule has 0 amide bonds. The van der Waals surface area contributed by atoms with Gasteiger partial charge in [0, 0.05) is 16.5 Å². The SMILES string of the molecule is CC(C)c1cc(Cc2c(Cl)cc(CO)cc2Cl)ccc1O. The van der Waals surface area contributed by atoms with Crippen molar-refractivity contribution in [1.82, 2.24) is 0 Å². The van der Waals surface area contributed by atoms with Gasteiger partial charge in [0.05, 0.1) is 6.61 Å². The van der Waals surface area contributed by atoms with Crippen LogP contribution in [0.3, 0.4) is 0 Å². The molecular weight excluding hydrogens is 307 g/mol. The summed E-state index contributed by atoms with van der Waals surface area (Å²) < 4.78 is 0. The van der Waals surface area contributed by atoms with Gasteiger partial charge >= 0.3 is 0 Å². The summed E-state index contributed by atoms with van der Waals surface area (Å²) >= 11 is 12.5. The first-order valence-electron chi connectivity index (χ1n) is 6.81. The molecule has 21 heavy (non-hydrogen) atoms. The fourth-order valence-corrected chi connectivity index (χ4v) is 2.96. The lowest BCUT2D eigenvalue weighted by Gasteiger charge is -2.13. The maximum Gasteiger partial charge on any atom is 0.119 e. The lowest BCUT2D eigenvalue weighted by Crippen LogP contribution is -1.96. The molecule has 0 fully saturated rings. The van der Waals surface area contributed by atoms with E-state index in [1.54, 1.807) is 18.2 Å². The van der Waals surface area contributed by atoms with Crippen LogP contribution in [0.4, 0.5) is 0 Å². The number of aliphatic hydroxyl groups excluding tert-OH is 1. The van der Waals surface area contributed by atoms with Crippen LogP contribution in [0.15, 0.2) is 30.3 Å². The molecule has 0 saturated carbocycles. The van der Waals surface area contributed by atoms with Gasteiger partial charge in [-0.25, -0.2) is 0 Å². The van der Waals surface area contributed by atoms with E-state index in [1.165, 1.54) is 0 Å². The van der Waals surface area contributed by atoms with Crippen LogP contribution in [-0.4, -0.2) is 10.2 Å². The number of hydrogen-bond acceptors (Lipinski definition) is 2. The molecule has 0 aliphatic carbocycles. The van der Waals surface area contributed by atoms with Gasteiger partial charge in [-0.2, -0.15) is 0 Å². The molecule has 2 rings (SSSR count). The van der Waals surface area contributed by atoms with Crippen molar-refractivity contribution in [1.29, 1.82) is 0 Å². The summed E-state index contributed by atoms with van der Waals surface area (Å²) in [5.41, 5.74) is 3.47. The van der Waals surface area contributed by atoms with Crippen molar-refractivity contribution in [3.63, 3.8) is 0 Å². The third-order valence-electron chi connectivity index (χ3n) is 3.48. The monoisotopic (exact) mass is 324 g/mol. The highest BCUT2D eigenvalue weighted by Gasteiger charge is 2.12. The van der Waals surface area contributed by atoms with E-state index in [2.05, 4.69) is 0 Å². The predicted octanol–water partition coefficient (Wildman–Crippen LogP) is 4.91. The van der Waals surface area contributed by atoms with Crippen LogP contribution >= 0.6 is 23.2 Å². The van der Waals surface area contributed by atoms with Crippen molar-refractivity contribution < 1.29 is 10.2 Å². The molecule has 0 bridgehead atoms. The fourth-order valence-electron chi connectivity index (χ4n) is 2.30. The molecule has 112 valence electrons. The standard InChI is InChI=1S/C17H18Cl2O2/c1-10(2)13-5-11(3-4-17(13)21)6-14-15(18)7-12(9-20)8-16(14)19/h3-5,7-8,10,20-21H,6,9H2,1-2H3. The fraction of sp³-hybridized carbons (Fsp3) is 0.294. The van der Waals surface area contributed by atoms with Gasteiger partial charge in [-0.1, -0.05) is 49.2 Å². The average molecular weight is 325 g/mol. The highest BCUT2D eigenvalue weighted by Crippen LogP contribution is 2.31. The van der Waals surface area contributed by atoms with E-state index in [0.29, 0.717) is 27.8 Å². The normalized spacial score (nSPS) is 11.1. The highest BCUT2D eigenvalue weighted by atomic mass is 35.5. The smallest absolute Gasteiger partial charge is 0.119 e. The number of hydrogen-bond donors (Lipinski definition) is 2. The Morgan fingerprint density at radius 3 is 2.14 bits per heavy atom. The third kappa shape index (κ3) is 3.70. The van der Waals surface area contributed by atoms with E-state index in [4.69, 9.17) is 28.3 Å². The number of aliphatic hydroxyl groups is 1. The van der Waals surface area contributed by atoms with E-state index in [0.717, 1.165) is 16.7 Å². The molecule has 0 atom stereocenters. The number of phenolic OH excluding ortho intramolecular Hbond substituents is 1. The first kappa shape index (κ1) is 16.2. The predicted molar refractivity (Wildman–Crippen MR) is 87.4 cm³/mol. The Kier molecular flexibility index (Phi) is 5.15. The Morgan fingerprint density at radius 2 is 1.62 bits per heavy atom. The van der Waals surface area contributed by atoms with Gasteiger partial charge in [-0.15, -0.1) is 0 Å². The van der Waals surface area contributed by atoms with Gasteiger partial charge in [0.2, 0.25) is 0 Å². The van der Waals surface area contributed by atoms with E-state index in [-0.39, 0.29) is 12.5 Å². The van der Waals surface area contributed by atoms with Gasteiger partial charge in [-0.05, 0) is 46.4 Å². The van der Waals surface area contributed by atoms with E-state index < -0.39 is 0 Å². The highest BCUT2D eigenvalue weighted by molar-refractivity contribution is 6.36. The van der Waals surface area contributed by atoms with E-state index in [1.807, 2.05) is 26.0 Å². The van der Waals surface area contributed by atoms with Crippen LogP contribution < -0.4 is 0 Å². The van der Waals surface area contributed by atoms with E-state index in [9.17, 15) is 5.11 Å². The first-order valence-corrected chi connectivity index (χ1v) is 7.57. The van der Waals surface area contributed by atoms with Gasteiger partial charge in [0.25, 0.3) is 0 Å². The number of aromatic hydroxyl groups is 1. The van der Waals surface area contributed by atoms with Crippen molar-refractivity contribution in [3.05, 3.63) is 62.6 Å². The maximum atomic E-state index is 9.87. The quantitative estimate of drug-likeness (QED) is 0.839. The number of phenols is 1. The van der Waals surface area contributed by atoms with Gasteiger partial charge in [-0.3, -0.25) is 0 Å². The molecule has 0 aliphatic heterocycles. The number of rotatable bonds is 4. The van der Waals surface area contributed by atoms with Crippen LogP contribution in [0.5, 0.6) is 5.75 Å². The molecule has 2 aromatic rings. The van der Waals surface area contributed by atoms with Gasteiger partial charge < -0.3 is 10.2 Å². The Morgan fingerprint density at radius 1 is 1.00 bits per heavy atom. The van der Waals surface area contributed by atoms with Crippen molar-refractivity contribution in [2.75, 3.05) is 0 Å². The molecular formula is C17H18Cl2O2. The molecule has 2 nitrogen and oxygen atoms in total. The van der Waals surface area contributed by atoms with Crippen LogP contribution in [0, 0.1) is 0 Å². The molecule has 0 radical (unpaired) electrons. The lowest BCUT2D eigenvalue weighted by molar-refractivity contribution is 0.282. The summed E-state index contributed by atoms with van der Waals surface area (Å²) in [6, 6.07) is 9.01. The van der Waals surface area contributed by atoms with Gasteiger partial charge in [0.1, 0.15) is 5.75 Å². The Labute approximate surface area is 135 Å². The topological polar surface area (TPSA) is 40.5 Å². The molecule has 4 heteroatoms. The van der Waals surface area contributed by atoms with Crippen LogP contribution in [0.25, 0.3) is 0 Å². The molecule has 0 heterocycles. The summed E-state index contributed by atoms with van der Waals surface area (Å²) in [5.74, 6) is 0.550. The van der Waals surface area contributed by atoms with E-state index >= 15 is 0 Å². The van der Waals surface area contributed by atoms with Crippen LogP contribution in [-0.2, 0) is 13.0 Å². The summed E-state index contributed by atoms with van der Waals surface area (Å²) in [6.07, 6.45) is 0.587. The Hall–Kier alpha value is -1.22. The third-order valence-corrected chi connectivity index (χ3v) is 4.15. The zero-order valence-electron chi connectivity index (χ0n) is 12.0. The Balaban J connectivity index is 2.37. The Bertz CT molecular complexity index is 628. The average Bonchev–Trinajstić information content (AvgIpc) is 2.43. The van der Waals surface area contributed by atoms with Crippen molar-refractivity contribution in [2.24, 2.45) is 0 Å². The minimum absolute atomic E-state index is 0.0869. The molecule has 2 N–H and O–H groups in total. The molecule has 0 aromatic heterocycles. The second kappa shape index (κ2) is 6.69.